The Morgan fingerprint density at radius 2 is 2.22 bits per heavy atom. The molecule has 0 bridgehead atoms. The molecule has 0 radical (unpaired) electrons. The minimum atomic E-state index is 0.286. The van der Waals surface area contributed by atoms with Gasteiger partial charge in [-0.05, 0) is 24.4 Å². The molecule has 0 saturated carbocycles. The average Bonchev–Trinajstić information content (AvgIpc) is 2.38. The number of likely N-dealkylation sites (N-methyl/N-ethyl adjacent to an activating group) is 1. The van der Waals surface area contributed by atoms with Crippen LogP contribution in [0, 0.1) is 0 Å². The van der Waals surface area contributed by atoms with E-state index in [9.17, 15) is 0 Å². The van der Waals surface area contributed by atoms with E-state index < -0.39 is 0 Å². The number of rotatable bonds is 8. The molecular formula is C14H24N2OS. The number of nitrogens with zero attached hydrogens (tertiary/aromatic N) is 1. The van der Waals surface area contributed by atoms with Crippen LogP contribution in [0.15, 0.2) is 24.3 Å². The maximum Gasteiger partial charge on any atom is 0.0713 e. The van der Waals surface area contributed by atoms with E-state index in [2.05, 4.69) is 42.5 Å². The lowest BCUT2D eigenvalue weighted by Crippen LogP contribution is -2.32. The van der Waals surface area contributed by atoms with Gasteiger partial charge >= 0.3 is 0 Å². The van der Waals surface area contributed by atoms with E-state index >= 15 is 0 Å². The molecule has 0 spiro atoms. The lowest BCUT2D eigenvalue weighted by molar-refractivity contribution is 0.184. The van der Waals surface area contributed by atoms with Gasteiger partial charge in [0.15, 0.2) is 0 Å². The summed E-state index contributed by atoms with van der Waals surface area (Å²) in [6.45, 7) is 2.35. The number of methoxy groups -OCH3 is 1. The smallest absolute Gasteiger partial charge is 0.0713 e. The highest BCUT2D eigenvalue weighted by atomic mass is 32.2. The fourth-order valence-corrected chi connectivity index (χ4v) is 2.49. The Bertz CT molecular complexity index is 346. The summed E-state index contributed by atoms with van der Waals surface area (Å²) >= 11 is 1.86. The molecule has 0 saturated heterocycles. The van der Waals surface area contributed by atoms with E-state index in [1.165, 1.54) is 11.1 Å². The summed E-state index contributed by atoms with van der Waals surface area (Å²) in [4.78, 5) is 2.32. The molecule has 0 fully saturated rings. The van der Waals surface area contributed by atoms with Crippen molar-refractivity contribution in [3.63, 3.8) is 0 Å². The van der Waals surface area contributed by atoms with Gasteiger partial charge in [-0.25, -0.2) is 0 Å². The van der Waals surface area contributed by atoms with Crippen molar-refractivity contribution in [3.8, 4) is 0 Å². The van der Waals surface area contributed by atoms with Crippen LogP contribution < -0.4 is 5.73 Å². The molecule has 0 heterocycles. The molecular weight excluding hydrogens is 244 g/mol. The number of hydrogen-bond donors (Lipinski definition) is 1. The molecule has 3 nitrogen and oxygen atoms in total. The molecule has 0 aliphatic carbocycles. The van der Waals surface area contributed by atoms with Crippen LogP contribution in [-0.2, 0) is 11.3 Å². The Kier molecular flexibility index (Phi) is 7.35. The number of nitrogens with two attached hydrogens (primary N) is 1. The Balaban J connectivity index is 2.77. The van der Waals surface area contributed by atoms with Crippen molar-refractivity contribution in [3.05, 3.63) is 35.4 Å². The highest BCUT2D eigenvalue weighted by Gasteiger charge is 2.15. The minimum absolute atomic E-state index is 0.286. The van der Waals surface area contributed by atoms with E-state index in [-0.39, 0.29) is 6.04 Å². The van der Waals surface area contributed by atoms with E-state index in [4.69, 9.17) is 10.5 Å². The maximum absolute atomic E-state index is 5.92. The molecule has 1 rings (SSSR count). The topological polar surface area (TPSA) is 38.5 Å². The molecule has 0 aliphatic heterocycles. The van der Waals surface area contributed by atoms with Crippen molar-refractivity contribution >= 4 is 11.8 Å². The van der Waals surface area contributed by atoms with Crippen LogP contribution in [0.1, 0.15) is 17.2 Å². The van der Waals surface area contributed by atoms with Crippen molar-refractivity contribution in [1.29, 1.82) is 0 Å². The van der Waals surface area contributed by atoms with Crippen LogP contribution in [0.4, 0.5) is 0 Å². The largest absolute Gasteiger partial charge is 0.380 e. The summed E-state index contributed by atoms with van der Waals surface area (Å²) in [5.74, 6) is 1.13. The Labute approximate surface area is 115 Å². The van der Waals surface area contributed by atoms with Gasteiger partial charge < -0.3 is 10.5 Å². The monoisotopic (exact) mass is 268 g/mol. The first kappa shape index (κ1) is 15.5. The van der Waals surface area contributed by atoms with Crippen molar-refractivity contribution in [1.82, 2.24) is 4.90 Å². The first-order valence-corrected chi connectivity index (χ1v) is 7.59. The summed E-state index contributed by atoms with van der Waals surface area (Å²) in [6.07, 6.45) is 2.13. The van der Waals surface area contributed by atoms with Crippen molar-refractivity contribution in [2.45, 2.75) is 12.6 Å². The Morgan fingerprint density at radius 1 is 1.44 bits per heavy atom. The third-order valence-corrected chi connectivity index (χ3v) is 3.64. The summed E-state index contributed by atoms with van der Waals surface area (Å²) in [5.41, 5.74) is 8.40. The Hall–Kier alpha value is -0.550. The normalized spacial score (nSPS) is 12.9. The summed E-state index contributed by atoms with van der Waals surface area (Å²) in [6, 6.07) is 8.79. The van der Waals surface area contributed by atoms with Gasteiger partial charge in [-0.2, -0.15) is 11.8 Å². The minimum Gasteiger partial charge on any atom is -0.380 e. The second-order valence-corrected chi connectivity index (χ2v) is 5.39. The van der Waals surface area contributed by atoms with E-state index in [1.807, 2.05) is 11.8 Å². The highest BCUT2D eigenvalue weighted by molar-refractivity contribution is 7.98. The van der Waals surface area contributed by atoms with Crippen molar-refractivity contribution < 1.29 is 4.74 Å². The lowest BCUT2D eigenvalue weighted by Gasteiger charge is -2.27. The number of thioether (sulfide) groups is 1. The summed E-state index contributed by atoms with van der Waals surface area (Å²) in [7, 11) is 3.86. The van der Waals surface area contributed by atoms with Gasteiger partial charge in [0.25, 0.3) is 0 Å². The van der Waals surface area contributed by atoms with Crippen LogP contribution >= 0.6 is 11.8 Å². The molecule has 1 unspecified atom stereocenters. The number of benzene rings is 1. The van der Waals surface area contributed by atoms with Gasteiger partial charge in [-0.15, -0.1) is 0 Å². The zero-order valence-corrected chi connectivity index (χ0v) is 12.4. The summed E-state index contributed by atoms with van der Waals surface area (Å²) in [5, 5.41) is 0. The third kappa shape index (κ3) is 4.61. The maximum atomic E-state index is 5.92. The van der Waals surface area contributed by atoms with Crippen LogP contribution in [0.2, 0.25) is 0 Å². The first-order chi connectivity index (χ1) is 8.72. The molecule has 1 aromatic carbocycles. The van der Waals surface area contributed by atoms with Crippen LogP contribution in [-0.4, -0.2) is 44.2 Å². The molecule has 0 amide bonds. The highest BCUT2D eigenvalue weighted by Crippen LogP contribution is 2.20. The predicted octanol–water partition coefficient (Wildman–Crippen LogP) is 2.13. The molecule has 102 valence electrons. The van der Waals surface area contributed by atoms with Gasteiger partial charge in [-0.3, -0.25) is 4.90 Å². The van der Waals surface area contributed by atoms with Gasteiger partial charge in [0.05, 0.1) is 6.61 Å². The quantitative estimate of drug-likeness (QED) is 0.784. The Morgan fingerprint density at radius 3 is 2.83 bits per heavy atom. The molecule has 0 aromatic heterocycles. The summed E-state index contributed by atoms with van der Waals surface area (Å²) < 4.78 is 5.17. The van der Waals surface area contributed by atoms with Crippen LogP contribution in [0.3, 0.4) is 0 Å². The second-order valence-electron chi connectivity index (χ2n) is 4.40. The molecule has 0 aliphatic rings. The molecule has 1 atom stereocenters. The first-order valence-electron chi connectivity index (χ1n) is 6.20. The van der Waals surface area contributed by atoms with Gasteiger partial charge in [-0.1, -0.05) is 24.3 Å². The molecule has 2 N–H and O–H groups in total. The third-order valence-electron chi connectivity index (χ3n) is 3.05. The van der Waals surface area contributed by atoms with Crippen molar-refractivity contribution in [2.24, 2.45) is 5.73 Å². The van der Waals surface area contributed by atoms with Crippen molar-refractivity contribution in [2.75, 3.05) is 39.3 Å². The molecule has 4 heteroatoms. The van der Waals surface area contributed by atoms with E-state index in [1.54, 1.807) is 7.11 Å². The number of hydrogen-bond acceptors (Lipinski definition) is 4. The van der Waals surface area contributed by atoms with Crippen LogP contribution in [0.25, 0.3) is 0 Å². The fourth-order valence-electron chi connectivity index (χ4n) is 2.02. The fraction of sp³-hybridized carbons (Fsp3) is 0.571. The molecule has 18 heavy (non-hydrogen) atoms. The standard InChI is InChI=1S/C14H24N2OS/c1-16(7-8-18-3)14(10-15)13-6-4-5-12(9-13)11-17-2/h4-6,9,14H,7-8,10-11,15H2,1-3H3. The lowest BCUT2D eigenvalue weighted by atomic mass is 10.0. The SMILES string of the molecule is COCc1cccc(C(CN)N(C)CCSC)c1. The van der Waals surface area contributed by atoms with E-state index in [0.29, 0.717) is 13.2 Å². The van der Waals surface area contributed by atoms with Crippen LogP contribution in [0.5, 0.6) is 0 Å². The zero-order chi connectivity index (χ0) is 13.4. The number of ether oxygens (including phenoxy) is 1. The van der Waals surface area contributed by atoms with Gasteiger partial charge in [0.2, 0.25) is 0 Å². The second kappa shape index (κ2) is 8.53. The van der Waals surface area contributed by atoms with E-state index in [0.717, 1.165) is 12.3 Å². The average molecular weight is 268 g/mol. The van der Waals surface area contributed by atoms with Gasteiger partial charge in [0.1, 0.15) is 0 Å². The zero-order valence-electron chi connectivity index (χ0n) is 11.6. The van der Waals surface area contributed by atoms with Gasteiger partial charge in [0, 0.05) is 32.0 Å². The molecule has 1 aromatic rings. The predicted molar refractivity (Wildman–Crippen MR) is 80.0 cm³/mol.